The summed E-state index contributed by atoms with van der Waals surface area (Å²) in [6, 6.07) is 9.04. The molecule has 1 aromatic heterocycles. The third-order valence-electron chi connectivity index (χ3n) is 1.91. The van der Waals surface area contributed by atoms with Crippen LogP contribution in [0.1, 0.15) is 6.92 Å². The summed E-state index contributed by atoms with van der Waals surface area (Å²) in [6.45, 7) is 2.29. The van der Waals surface area contributed by atoms with Crippen LogP contribution >= 0.6 is 0 Å². The zero-order valence-electron chi connectivity index (χ0n) is 7.82. The molecule has 1 aromatic carbocycles. The number of ether oxygens (including phenoxy) is 1. The lowest BCUT2D eigenvalue weighted by atomic mass is 10.2. The van der Waals surface area contributed by atoms with Crippen LogP contribution in [0.4, 0.5) is 0 Å². The van der Waals surface area contributed by atoms with Crippen molar-refractivity contribution in [2.75, 3.05) is 6.61 Å². The van der Waals surface area contributed by atoms with E-state index in [1.807, 2.05) is 25.1 Å². The van der Waals surface area contributed by atoms with E-state index < -0.39 is 5.63 Å². The largest absolute Gasteiger partial charge is 0.487 e. The third-order valence-corrected chi connectivity index (χ3v) is 1.91. The SMILES string of the molecule is C[14CH2]Oc1cc2ccccc2oc1=O. The molecular formula is C11H10O3. The molecule has 1 heterocycles. The average Bonchev–Trinajstić information content (AvgIpc) is 2.19. The van der Waals surface area contributed by atoms with E-state index in [9.17, 15) is 4.79 Å². The summed E-state index contributed by atoms with van der Waals surface area (Å²) in [7, 11) is 0. The lowest BCUT2D eigenvalue weighted by Gasteiger charge is -2.01. The maximum Gasteiger partial charge on any atom is 0.379 e. The van der Waals surface area contributed by atoms with Crippen LogP contribution in [0.5, 0.6) is 5.75 Å². The maximum atomic E-state index is 11.3. The molecule has 0 aliphatic carbocycles. The van der Waals surface area contributed by atoms with Gasteiger partial charge in [-0.05, 0) is 19.1 Å². The van der Waals surface area contributed by atoms with Crippen LogP contribution in [0.15, 0.2) is 39.5 Å². The van der Waals surface area contributed by atoms with E-state index in [2.05, 4.69) is 0 Å². The van der Waals surface area contributed by atoms with Crippen LogP contribution < -0.4 is 10.4 Å². The number of rotatable bonds is 2. The topological polar surface area (TPSA) is 39.4 Å². The number of para-hydroxylation sites is 1. The van der Waals surface area contributed by atoms with E-state index in [0.717, 1.165) is 5.39 Å². The quantitative estimate of drug-likeness (QED) is 0.684. The Bertz CT molecular complexity index is 499. The zero-order chi connectivity index (χ0) is 9.97. The molecule has 2 aromatic rings. The molecule has 0 aliphatic heterocycles. The van der Waals surface area contributed by atoms with E-state index in [4.69, 9.17) is 9.15 Å². The van der Waals surface area contributed by atoms with Gasteiger partial charge in [-0.1, -0.05) is 18.2 Å². The Morgan fingerprint density at radius 1 is 1.36 bits per heavy atom. The summed E-state index contributed by atoms with van der Waals surface area (Å²) in [5, 5.41) is 0.871. The van der Waals surface area contributed by atoms with E-state index in [-0.39, 0.29) is 5.75 Å². The summed E-state index contributed by atoms with van der Waals surface area (Å²) < 4.78 is 10.2. The molecule has 0 fully saturated rings. The van der Waals surface area contributed by atoms with Gasteiger partial charge in [0.2, 0.25) is 5.75 Å². The molecule has 14 heavy (non-hydrogen) atoms. The Morgan fingerprint density at radius 2 is 2.14 bits per heavy atom. The van der Waals surface area contributed by atoms with Gasteiger partial charge in [-0.15, -0.1) is 0 Å². The minimum absolute atomic E-state index is 0.270. The van der Waals surface area contributed by atoms with Gasteiger partial charge in [-0.25, -0.2) is 4.79 Å². The summed E-state index contributed by atoms with van der Waals surface area (Å²) in [5.41, 5.74) is 0.159. The fraction of sp³-hybridized carbons (Fsp3) is 0.182. The number of benzene rings is 1. The first-order valence-corrected chi connectivity index (χ1v) is 4.47. The van der Waals surface area contributed by atoms with Gasteiger partial charge in [0.15, 0.2) is 0 Å². The monoisotopic (exact) mass is 192 g/mol. The fourth-order valence-electron chi connectivity index (χ4n) is 1.30. The standard InChI is InChI=1S/C11H10O3/c1-2-13-10-7-8-5-3-4-6-9(8)14-11(10)12/h3-7H,2H2,1H3/i2+2. The summed E-state index contributed by atoms with van der Waals surface area (Å²) in [6.07, 6.45) is 0. The molecule has 3 heteroatoms. The highest BCUT2D eigenvalue weighted by atomic mass is 16.6. The summed E-state index contributed by atoms with van der Waals surface area (Å²) in [5.74, 6) is 0.270. The highest BCUT2D eigenvalue weighted by molar-refractivity contribution is 5.77. The second-order valence-corrected chi connectivity index (χ2v) is 2.87. The molecule has 0 saturated heterocycles. The number of hydrogen-bond donors (Lipinski definition) is 0. The van der Waals surface area contributed by atoms with Gasteiger partial charge in [-0.3, -0.25) is 0 Å². The van der Waals surface area contributed by atoms with Crippen molar-refractivity contribution in [3.63, 3.8) is 0 Å². The van der Waals surface area contributed by atoms with Crippen molar-refractivity contribution in [3.8, 4) is 5.75 Å². The van der Waals surface area contributed by atoms with Crippen molar-refractivity contribution in [2.24, 2.45) is 0 Å². The lowest BCUT2D eigenvalue weighted by Crippen LogP contribution is -2.05. The summed E-state index contributed by atoms with van der Waals surface area (Å²) >= 11 is 0. The maximum absolute atomic E-state index is 11.3. The first kappa shape index (κ1) is 8.81. The highest BCUT2D eigenvalue weighted by Crippen LogP contribution is 2.16. The second kappa shape index (κ2) is 3.54. The fourth-order valence-corrected chi connectivity index (χ4v) is 1.30. The van der Waals surface area contributed by atoms with E-state index in [0.29, 0.717) is 12.2 Å². The molecule has 72 valence electrons. The first-order chi connectivity index (χ1) is 6.81. The zero-order valence-corrected chi connectivity index (χ0v) is 7.82. The first-order valence-electron chi connectivity index (χ1n) is 4.47. The van der Waals surface area contributed by atoms with Gasteiger partial charge in [0.05, 0.1) is 6.61 Å². The minimum Gasteiger partial charge on any atom is -0.487 e. The third kappa shape index (κ3) is 1.48. The summed E-state index contributed by atoms with van der Waals surface area (Å²) in [4.78, 5) is 11.3. The molecule has 0 spiro atoms. The second-order valence-electron chi connectivity index (χ2n) is 2.87. The van der Waals surface area contributed by atoms with Crippen molar-refractivity contribution in [1.29, 1.82) is 0 Å². The van der Waals surface area contributed by atoms with Crippen LogP contribution in [-0.4, -0.2) is 6.61 Å². The van der Waals surface area contributed by atoms with Gasteiger partial charge in [0.1, 0.15) is 5.58 Å². The van der Waals surface area contributed by atoms with Gasteiger partial charge < -0.3 is 9.15 Å². The number of fused-ring (bicyclic) bond motifs is 1. The molecule has 3 nitrogen and oxygen atoms in total. The average molecular weight is 192 g/mol. The lowest BCUT2D eigenvalue weighted by molar-refractivity contribution is 0.322. The van der Waals surface area contributed by atoms with Crippen LogP contribution in [0, 0.1) is 0 Å². The van der Waals surface area contributed by atoms with Crippen LogP contribution in [0.2, 0.25) is 0 Å². The molecule has 0 atom stereocenters. The normalized spacial score (nSPS) is 10.4. The predicted octanol–water partition coefficient (Wildman–Crippen LogP) is 2.19. The van der Waals surface area contributed by atoms with E-state index >= 15 is 0 Å². The van der Waals surface area contributed by atoms with Crippen LogP contribution in [-0.2, 0) is 0 Å². The number of hydrogen-bond acceptors (Lipinski definition) is 3. The molecule has 2 rings (SSSR count). The predicted molar refractivity (Wildman–Crippen MR) is 53.7 cm³/mol. The van der Waals surface area contributed by atoms with Crippen molar-refractivity contribution in [3.05, 3.63) is 40.8 Å². The Morgan fingerprint density at radius 3 is 2.93 bits per heavy atom. The van der Waals surface area contributed by atoms with Gasteiger partial charge in [0.25, 0.3) is 0 Å². The van der Waals surface area contributed by atoms with Gasteiger partial charge in [-0.2, -0.15) is 0 Å². The van der Waals surface area contributed by atoms with Crippen molar-refractivity contribution >= 4 is 11.0 Å². The Balaban J connectivity index is 2.65. The van der Waals surface area contributed by atoms with Crippen molar-refractivity contribution in [2.45, 2.75) is 6.92 Å². The van der Waals surface area contributed by atoms with Crippen LogP contribution in [0.25, 0.3) is 11.0 Å². The van der Waals surface area contributed by atoms with E-state index in [1.54, 1.807) is 12.1 Å². The van der Waals surface area contributed by atoms with E-state index in [1.165, 1.54) is 0 Å². The van der Waals surface area contributed by atoms with Gasteiger partial charge >= 0.3 is 5.63 Å². The van der Waals surface area contributed by atoms with Crippen LogP contribution in [0.3, 0.4) is 0 Å². The molecule has 0 unspecified atom stereocenters. The minimum atomic E-state index is -0.425. The molecule has 0 N–H and O–H groups in total. The Hall–Kier alpha value is -1.77. The van der Waals surface area contributed by atoms with Crippen molar-refractivity contribution < 1.29 is 9.15 Å². The smallest absolute Gasteiger partial charge is 0.379 e. The Kier molecular flexibility index (Phi) is 2.23. The molecule has 0 radical (unpaired) electrons. The van der Waals surface area contributed by atoms with Gasteiger partial charge in [0, 0.05) is 5.39 Å². The molecule has 0 saturated carbocycles. The molecular weight excluding hydrogens is 182 g/mol. The molecule has 0 bridgehead atoms. The Labute approximate surface area is 80.9 Å². The molecule has 0 aliphatic rings. The highest BCUT2D eigenvalue weighted by Gasteiger charge is 2.04. The molecule has 0 amide bonds. The van der Waals surface area contributed by atoms with Crippen molar-refractivity contribution in [1.82, 2.24) is 0 Å².